The smallest absolute Gasteiger partial charge is 0.255 e. The molecule has 0 radical (unpaired) electrons. The molecule has 19 heavy (non-hydrogen) atoms. The molecule has 1 aromatic heterocycles. The third-order valence-electron chi connectivity index (χ3n) is 2.41. The minimum atomic E-state index is -1.57. The van der Waals surface area contributed by atoms with Gasteiger partial charge in [-0.15, -0.1) is 0 Å². The number of aromatic nitrogens is 2. The number of hydrogen-bond donors (Lipinski definition) is 2. The normalized spacial score (nSPS) is 12.7. The number of benzene rings is 1. The molecule has 3 N–H and O–H groups in total. The minimum Gasteiger partial charge on any atom is -0.383 e. The zero-order chi connectivity index (χ0) is 14.0. The van der Waals surface area contributed by atoms with Crippen molar-refractivity contribution in [2.45, 2.75) is 12.5 Å². The first-order valence-electron chi connectivity index (χ1n) is 5.39. The monoisotopic (exact) mass is 273 g/mol. The summed E-state index contributed by atoms with van der Waals surface area (Å²) in [7, 11) is 0. The van der Waals surface area contributed by atoms with Crippen LogP contribution in [0.1, 0.15) is 18.4 Å². The Morgan fingerprint density at radius 2 is 1.89 bits per heavy atom. The van der Waals surface area contributed by atoms with Crippen LogP contribution in [-0.2, 0) is 0 Å². The Morgan fingerprint density at radius 1 is 1.26 bits per heavy atom. The Morgan fingerprint density at radius 3 is 2.47 bits per heavy atom. The summed E-state index contributed by atoms with van der Waals surface area (Å²) >= 11 is 0. The fraction of sp³-hybridized carbons (Fsp3) is 0.273. The molecular weight excluding hydrogens is 263 g/mol. The molecule has 5 nitrogen and oxygen atoms in total. The third-order valence-corrected chi connectivity index (χ3v) is 2.41. The molecule has 0 saturated carbocycles. The summed E-state index contributed by atoms with van der Waals surface area (Å²) in [6.07, 6.45) is -0.852. The number of aliphatic hydroxyl groups is 1. The Balaban J connectivity index is 2.33. The van der Waals surface area contributed by atoms with E-state index in [-0.39, 0.29) is 30.2 Å². The van der Waals surface area contributed by atoms with E-state index in [0.29, 0.717) is 0 Å². The van der Waals surface area contributed by atoms with Crippen molar-refractivity contribution in [3.63, 3.8) is 0 Å². The van der Waals surface area contributed by atoms with Crippen LogP contribution in [0.3, 0.4) is 0 Å². The van der Waals surface area contributed by atoms with Crippen LogP contribution < -0.4 is 5.73 Å². The average molecular weight is 273 g/mol. The molecule has 0 bridgehead atoms. The van der Waals surface area contributed by atoms with Crippen molar-refractivity contribution in [3.05, 3.63) is 35.5 Å². The predicted molar refractivity (Wildman–Crippen MR) is 58.2 cm³/mol. The molecule has 0 fully saturated rings. The second kappa shape index (κ2) is 5.37. The van der Waals surface area contributed by atoms with Crippen molar-refractivity contribution in [3.8, 4) is 11.4 Å². The van der Waals surface area contributed by atoms with Crippen molar-refractivity contribution in [1.82, 2.24) is 10.1 Å². The van der Waals surface area contributed by atoms with Gasteiger partial charge in [-0.2, -0.15) is 4.98 Å². The maximum atomic E-state index is 13.0. The van der Waals surface area contributed by atoms with Gasteiger partial charge in [-0.1, -0.05) is 5.16 Å². The number of halogens is 3. The molecule has 1 atom stereocenters. The molecule has 1 aromatic carbocycles. The van der Waals surface area contributed by atoms with E-state index in [1.54, 1.807) is 0 Å². The molecule has 1 heterocycles. The van der Waals surface area contributed by atoms with Gasteiger partial charge in [-0.3, -0.25) is 0 Å². The van der Waals surface area contributed by atoms with E-state index in [9.17, 15) is 18.3 Å². The largest absolute Gasteiger partial charge is 0.383 e. The summed E-state index contributed by atoms with van der Waals surface area (Å²) in [5.74, 6) is -4.56. The molecule has 0 saturated heterocycles. The Hall–Kier alpha value is -1.93. The van der Waals surface area contributed by atoms with E-state index in [1.807, 2.05) is 0 Å². The molecular formula is C11H10F3N3O2. The topological polar surface area (TPSA) is 85.2 Å². The summed E-state index contributed by atoms with van der Waals surface area (Å²) < 4.78 is 43.6. The zero-order valence-electron chi connectivity index (χ0n) is 9.61. The van der Waals surface area contributed by atoms with Gasteiger partial charge in [0.2, 0.25) is 5.82 Å². The predicted octanol–water partition coefficient (Wildman–Crippen LogP) is 1.54. The molecule has 2 rings (SSSR count). The van der Waals surface area contributed by atoms with Crippen LogP contribution in [0.15, 0.2) is 16.7 Å². The Bertz CT molecular complexity index is 565. The molecule has 8 heteroatoms. The van der Waals surface area contributed by atoms with E-state index in [0.717, 1.165) is 12.1 Å². The minimum absolute atomic E-state index is 0.0913. The van der Waals surface area contributed by atoms with Crippen LogP contribution in [0.4, 0.5) is 13.2 Å². The van der Waals surface area contributed by atoms with Gasteiger partial charge in [0, 0.05) is 5.56 Å². The van der Waals surface area contributed by atoms with Crippen molar-refractivity contribution < 1.29 is 22.8 Å². The lowest BCUT2D eigenvalue weighted by Gasteiger charge is -2.01. The first kappa shape index (κ1) is 13.5. The second-order valence-electron chi connectivity index (χ2n) is 3.80. The molecule has 0 aliphatic carbocycles. The highest BCUT2D eigenvalue weighted by molar-refractivity contribution is 5.54. The quantitative estimate of drug-likeness (QED) is 0.825. The van der Waals surface area contributed by atoms with Crippen LogP contribution in [0, 0.1) is 17.5 Å². The average Bonchev–Trinajstić information content (AvgIpc) is 2.85. The molecule has 0 aliphatic heterocycles. The second-order valence-corrected chi connectivity index (χ2v) is 3.80. The third kappa shape index (κ3) is 2.74. The first-order valence-corrected chi connectivity index (χ1v) is 5.39. The van der Waals surface area contributed by atoms with Gasteiger partial charge < -0.3 is 15.4 Å². The lowest BCUT2D eigenvalue weighted by Crippen LogP contribution is -2.06. The van der Waals surface area contributed by atoms with Crippen LogP contribution in [-0.4, -0.2) is 21.8 Å². The number of hydrogen-bond acceptors (Lipinski definition) is 5. The zero-order valence-corrected chi connectivity index (χ0v) is 9.61. The molecule has 102 valence electrons. The van der Waals surface area contributed by atoms with Crippen LogP contribution >= 0.6 is 0 Å². The number of nitrogens with two attached hydrogens (primary N) is 1. The van der Waals surface area contributed by atoms with Gasteiger partial charge >= 0.3 is 0 Å². The fourth-order valence-corrected chi connectivity index (χ4v) is 1.45. The number of aliphatic hydroxyl groups excluding tert-OH is 1. The lowest BCUT2D eigenvalue weighted by atomic mass is 10.2. The van der Waals surface area contributed by atoms with Gasteiger partial charge in [-0.05, 0) is 25.1 Å². The summed E-state index contributed by atoms with van der Waals surface area (Å²) in [4.78, 5) is 3.77. The highest BCUT2D eigenvalue weighted by Gasteiger charge is 2.18. The fourth-order valence-electron chi connectivity index (χ4n) is 1.45. The van der Waals surface area contributed by atoms with Crippen molar-refractivity contribution >= 4 is 0 Å². The Kier molecular flexibility index (Phi) is 3.82. The van der Waals surface area contributed by atoms with Gasteiger partial charge in [0.15, 0.2) is 17.5 Å². The maximum Gasteiger partial charge on any atom is 0.255 e. The van der Waals surface area contributed by atoms with E-state index >= 15 is 0 Å². The lowest BCUT2D eigenvalue weighted by molar-refractivity contribution is 0.127. The van der Waals surface area contributed by atoms with Crippen molar-refractivity contribution in [1.29, 1.82) is 0 Å². The maximum absolute atomic E-state index is 13.0. The van der Waals surface area contributed by atoms with Gasteiger partial charge in [0.25, 0.3) is 5.89 Å². The summed E-state index contributed by atoms with van der Waals surface area (Å²) in [5, 5.41) is 13.0. The van der Waals surface area contributed by atoms with Gasteiger partial charge in [-0.25, -0.2) is 13.2 Å². The SMILES string of the molecule is NCCC(O)c1nc(-c2cc(F)c(F)c(F)c2)no1. The van der Waals surface area contributed by atoms with Crippen LogP contribution in [0.25, 0.3) is 11.4 Å². The Labute approximate surface area is 105 Å². The number of nitrogens with zero attached hydrogens (tertiary/aromatic N) is 2. The summed E-state index contributed by atoms with van der Waals surface area (Å²) in [5.41, 5.74) is 5.16. The number of rotatable bonds is 4. The molecule has 0 amide bonds. The highest BCUT2D eigenvalue weighted by Crippen LogP contribution is 2.23. The molecule has 0 spiro atoms. The first-order chi connectivity index (χ1) is 9.02. The summed E-state index contributed by atoms with van der Waals surface area (Å²) in [6, 6.07) is 1.48. The van der Waals surface area contributed by atoms with E-state index in [2.05, 4.69) is 10.1 Å². The van der Waals surface area contributed by atoms with Crippen LogP contribution in [0.2, 0.25) is 0 Å². The highest BCUT2D eigenvalue weighted by atomic mass is 19.2. The standard InChI is InChI=1S/C11H10F3N3O2/c12-6-3-5(4-7(13)9(6)14)10-16-11(19-17-10)8(18)1-2-15/h3-4,8,18H,1-2,15H2. The molecule has 0 aliphatic rings. The van der Waals surface area contributed by atoms with Crippen molar-refractivity contribution in [2.24, 2.45) is 5.73 Å². The van der Waals surface area contributed by atoms with Crippen LogP contribution in [0.5, 0.6) is 0 Å². The van der Waals surface area contributed by atoms with Gasteiger partial charge in [0.05, 0.1) is 0 Å². The van der Waals surface area contributed by atoms with E-state index in [1.165, 1.54) is 0 Å². The van der Waals surface area contributed by atoms with E-state index in [4.69, 9.17) is 10.3 Å². The van der Waals surface area contributed by atoms with E-state index < -0.39 is 23.6 Å². The summed E-state index contributed by atoms with van der Waals surface area (Å²) in [6.45, 7) is 0.207. The molecule has 2 aromatic rings. The molecule has 1 unspecified atom stereocenters. The van der Waals surface area contributed by atoms with Crippen molar-refractivity contribution in [2.75, 3.05) is 6.54 Å². The van der Waals surface area contributed by atoms with Gasteiger partial charge in [0.1, 0.15) is 6.10 Å².